The second kappa shape index (κ2) is 12.0. The standard InChI is InChI=1S/C30H38NO2P/c1-30(2,34-28-18-9-8-15-26(28)22-31-19-10-5-11-20-31)27-17-12-16-25(29(27)33-23-32-3)21-24-13-6-4-7-14-24/h4,6-9,12-18,34H,5,10-11,19-23H2,1-3H3. The number of ether oxygens (including phenoxy) is 2. The van der Waals surface area contributed by atoms with Crippen LogP contribution >= 0.6 is 8.58 Å². The second-order valence-corrected chi connectivity index (χ2v) is 11.8. The number of rotatable bonds is 10. The predicted molar refractivity (Wildman–Crippen MR) is 145 cm³/mol. The summed E-state index contributed by atoms with van der Waals surface area (Å²) in [4.78, 5) is 2.62. The van der Waals surface area contributed by atoms with Crippen molar-refractivity contribution < 1.29 is 9.47 Å². The van der Waals surface area contributed by atoms with Crippen LogP contribution in [0, 0.1) is 0 Å². The molecular weight excluding hydrogens is 437 g/mol. The van der Waals surface area contributed by atoms with E-state index in [2.05, 4.69) is 91.5 Å². The van der Waals surface area contributed by atoms with Gasteiger partial charge in [-0.15, -0.1) is 0 Å². The van der Waals surface area contributed by atoms with Crippen molar-refractivity contribution in [3.05, 3.63) is 95.1 Å². The summed E-state index contributed by atoms with van der Waals surface area (Å²) in [7, 11) is 2.33. The lowest BCUT2D eigenvalue weighted by Crippen LogP contribution is -2.31. The van der Waals surface area contributed by atoms with E-state index in [4.69, 9.17) is 9.47 Å². The fourth-order valence-electron chi connectivity index (χ4n) is 4.86. The molecule has 3 nitrogen and oxygen atoms in total. The fourth-order valence-corrected chi connectivity index (χ4v) is 6.37. The molecule has 34 heavy (non-hydrogen) atoms. The van der Waals surface area contributed by atoms with Gasteiger partial charge in [-0.3, -0.25) is 4.90 Å². The summed E-state index contributed by atoms with van der Waals surface area (Å²) >= 11 is 0. The van der Waals surface area contributed by atoms with Crippen molar-refractivity contribution in [3.8, 4) is 5.75 Å². The summed E-state index contributed by atoms with van der Waals surface area (Å²) in [5.74, 6) is 0.971. The highest BCUT2D eigenvalue weighted by Gasteiger charge is 2.28. The van der Waals surface area contributed by atoms with Crippen LogP contribution in [0.3, 0.4) is 0 Å². The van der Waals surface area contributed by atoms with Gasteiger partial charge < -0.3 is 9.47 Å². The number of nitrogens with zero attached hydrogens (tertiary/aromatic N) is 1. The third kappa shape index (κ3) is 6.48. The normalized spacial score (nSPS) is 15.1. The lowest BCUT2D eigenvalue weighted by Gasteiger charge is -2.31. The molecule has 3 aromatic carbocycles. The smallest absolute Gasteiger partial charge is 0.188 e. The molecule has 0 aliphatic carbocycles. The number of methoxy groups -OCH3 is 1. The molecule has 1 aliphatic rings. The third-order valence-corrected chi connectivity index (χ3v) is 8.29. The second-order valence-electron chi connectivity index (χ2n) is 9.75. The molecule has 4 rings (SSSR count). The van der Waals surface area contributed by atoms with Crippen LogP contribution in [0.2, 0.25) is 0 Å². The Morgan fingerprint density at radius 1 is 0.824 bits per heavy atom. The van der Waals surface area contributed by atoms with E-state index < -0.39 is 0 Å². The Kier molecular flexibility index (Phi) is 8.78. The molecule has 0 amide bonds. The van der Waals surface area contributed by atoms with E-state index >= 15 is 0 Å². The Hall–Kier alpha value is -2.19. The molecule has 1 aliphatic heterocycles. The maximum absolute atomic E-state index is 6.24. The molecule has 1 heterocycles. The molecule has 3 aromatic rings. The summed E-state index contributed by atoms with van der Waals surface area (Å²) in [6.07, 6.45) is 4.86. The molecule has 0 spiro atoms. The minimum atomic E-state index is -0.0617. The van der Waals surface area contributed by atoms with Crippen molar-refractivity contribution in [1.82, 2.24) is 4.90 Å². The van der Waals surface area contributed by atoms with Crippen LogP contribution in [0.15, 0.2) is 72.8 Å². The zero-order valence-electron chi connectivity index (χ0n) is 20.8. The molecule has 0 N–H and O–H groups in total. The Labute approximate surface area is 207 Å². The summed E-state index contributed by atoms with van der Waals surface area (Å²) < 4.78 is 11.6. The van der Waals surface area contributed by atoms with Crippen molar-refractivity contribution in [2.45, 2.75) is 51.2 Å². The molecule has 4 heteroatoms. The van der Waals surface area contributed by atoms with Crippen molar-refractivity contribution in [2.75, 3.05) is 27.0 Å². The maximum Gasteiger partial charge on any atom is 0.188 e. The summed E-state index contributed by atoms with van der Waals surface area (Å²) in [5.41, 5.74) is 5.22. The fraction of sp³-hybridized carbons (Fsp3) is 0.400. The van der Waals surface area contributed by atoms with E-state index in [0.29, 0.717) is 8.58 Å². The van der Waals surface area contributed by atoms with Gasteiger partial charge >= 0.3 is 0 Å². The predicted octanol–water partition coefficient (Wildman–Crippen LogP) is 6.49. The average Bonchev–Trinajstić information content (AvgIpc) is 2.85. The molecule has 180 valence electrons. The lowest BCUT2D eigenvalue weighted by molar-refractivity contribution is 0.0495. The maximum atomic E-state index is 6.24. The minimum absolute atomic E-state index is 0.0617. The van der Waals surface area contributed by atoms with Gasteiger partial charge in [0, 0.05) is 30.8 Å². The molecule has 1 unspecified atom stereocenters. The zero-order chi connectivity index (χ0) is 23.8. The number of hydrogen-bond acceptors (Lipinski definition) is 3. The highest BCUT2D eigenvalue weighted by molar-refractivity contribution is 7.48. The topological polar surface area (TPSA) is 21.7 Å². The SMILES string of the molecule is COCOc1c(Cc2ccccc2)cccc1C(C)(C)Pc1ccccc1CN1CCCCC1. The number of para-hydroxylation sites is 1. The minimum Gasteiger partial charge on any atom is -0.467 e. The zero-order valence-corrected chi connectivity index (χ0v) is 21.8. The van der Waals surface area contributed by atoms with Gasteiger partial charge in [-0.25, -0.2) is 0 Å². The first kappa shape index (κ1) is 24.9. The van der Waals surface area contributed by atoms with Gasteiger partial charge in [-0.1, -0.05) is 102 Å². The summed E-state index contributed by atoms with van der Waals surface area (Å²) in [5, 5.41) is 1.40. The van der Waals surface area contributed by atoms with Crippen molar-refractivity contribution >= 4 is 13.9 Å². The molecule has 0 saturated carbocycles. The third-order valence-electron chi connectivity index (χ3n) is 6.64. The molecule has 1 saturated heterocycles. The van der Waals surface area contributed by atoms with E-state index in [-0.39, 0.29) is 11.9 Å². The number of piperidine rings is 1. The summed E-state index contributed by atoms with van der Waals surface area (Å²) in [6.45, 7) is 8.45. The van der Waals surface area contributed by atoms with Gasteiger partial charge in [0.1, 0.15) is 5.75 Å². The number of hydrogen-bond donors (Lipinski definition) is 0. The Morgan fingerprint density at radius 3 is 2.29 bits per heavy atom. The number of likely N-dealkylation sites (tertiary alicyclic amines) is 1. The molecule has 1 atom stereocenters. The first-order chi connectivity index (χ1) is 16.6. The van der Waals surface area contributed by atoms with Crippen LogP contribution in [0.1, 0.15) is 55.4 Å². The first-order valence-corrected chi connectivity index (χ1v) is 13.4. The average molecular weight is 476 g/mol. The van der Waals surface area contributed by atoms with Crippen LogP contribution in [0.5, 0.6) is 5.75 Å². The van der Waals surface area contributed by atoms with Crippen LogP contribution in [0.4, 0.5) is 0 Å². The van der Waals surface area contributed by atoms with Gasteiger partial charge in [0.2, 0.25) is 0 Å². The molecule has 0 radical (unpaired) electrons. The van der Waals surface area contributed by atoms with Crippen LogP contribution < -0.4 is 10.0 Å². The highest BCUT2D eigenvalue weighted by atomic mass is 31.1. The van der Waals surface area contributed by atoms with Crippen molar-refractivity contribution in [3.63, 3.8) is 0 Å². The van der Waals surface area contributed by atoms with Crippen LogP contribution in [-0.4, -0.2) is 31.9 Å². The summed E-state index contributed by atoms with van der Waals surface area (Å²) in [6, 6.07) is 26.2. The van der Waals surface area contributed by atoms with E-state index in [1.807, 2.05) is 0 Å². The van der Waals surface area contributed by atoms with Gasteiger partial charge in [-0.05, 0) is 47.9 Å². The Balaban J connectivity index is 1.62. The van der Waals surface area contributed by atoms with Gasteiger partial charge in [0.15, 0.2) is 6.79 Å². The quantitative estimate of drug-likeness (QED) is 0.247. The monoisotopic (exact) mass is 475 g/mol. The largest absolute Gasteiger partial charge is 0.467 e. The van der Waals surface area contributed by atoms with Gasteiger partial charge in [0.25, 0.3) is 0 Å². The van der Waals surface area contributed by atoms with Crippen LogP contribution in [-0.2, 0) is 22.9 Å². The molecule has 1 fully saturated rings. The van der Waals surface area contributed by atoms with Gasteiger partial charge in [0.05, 0.1) is 0 Å². The Bertz CT molecular complexity index is 1040. The molecule has 0 bridgehead atoms. The van der Waals surface area contributed by atoms with Crippen molar-refractivity contribution in [1.29, 1.82) is 0 Å². The van der Waals surface area contributed by atoms with Crippen LogP contribution in [0.25, 0.3) is 0 Å². The van der Waals surface area contributed by atoms with E-state index in [9.17, 15) is 0 Å². The van der Waals surface area contributed by atoms with E-state index in [0.717, 1.165) is 18.7 Å². The first-order valence-electron chi connectivity index (χ1n) is 12.4. The number of benzene rings is 3. The molecular formula is C30H38NO2P. The van der Waals surface area contributed by atoms with E-state index in [1.54, 1.807) is 7.11 Å². The van der Waals surface area contributed by atoms with Crippen molar-refractivity contribution in [2.24, 2.45) is 0 Å². The highest BCUT2D eigenvalue weighted by Crippen LogP contribution is 2.46. The lowest BCUT2D eigenvalue weighted by atomic mass is 9.95. The van der Waals surface area contributed by atoms with Gasteiger partial charge in [-0.2, -0.15) is 0 Å². The van der Waals surface area contributed by atoms with E-state index in [1.165, 1.54) is 59.9 Å². The Morgan fingerprint density at radius 2 is 1.53 bits per heavy atom. The molecule has 0 aromatic heterocycles.